The van der Waals surface area contributed by atoms with Crippen molar-refractivity contribution in [1.82, 2.24) is 19.9 Å². The standard InChI is InChI=1S/C19H16F2N6O2/c1-22-17-9-18(24-11-23-17)29-15-3-5-26(10-15)19(28)27-16(2-4-25-27)12-6-13(20)8-14(21)7-12/h4,6-9,11,15-16H,2-3,5,10H2/t15-,16+/m1/s1. The summed E-state index contributed by atoms with van der Waals surface area (Å²) in [6.45, 7) is 7.74. The third-order valence-electron chi connectivity index (χ3n) is 4.74. The van der Waals surface area contributed by atoms with Gasteiger partial charge in [-0.1, -0.05) is 6.57 Å². The first kappa shape index (κ1) is 18.7. The fourth-order valence-corrected chi connectivity index (χ4v) is 3.41. The van der Waals surface area contributed by atoms with Gasteiger partial charge in [-0.3, -0.25) is 0 Å². The Hall–Kier alpha value is -3.61. The van der Waals surface area contributed by atoms with E-state index in [4.69, 9.17) is 11.3 Å². The van der Waals surface area contributed by atoms with Gasteiger partial charge in [0.2, 0.25) is 12.2 Å². The van der Waals surface area contributed by atoms with E-state index in [-0.39, 0.29) is 23.8 Å². The van der Waals surface area contributed by atoms with Crippen LogP contribution in [0, 0.1) is 18.2 Å². The van der Waals surface area contributed by atoms with Crippen LogP contribution in [0.3, 0.4) is 0 Å². The number of nitrogens with zero attached hydrogens (tertiary/aromatic N) is 6. The molecule has 0 saturated carbocycles. The van der Waals surface area contributed by atoms with E-state index in [1.165, 1.54) is 29.5 Å². The summed E-state index contributed by atoms with van der Waals surface area (Å²) in [7, 11) is 0. The molecule has 0 N–H and O–H groups in total. The second kappa shape index (κ2) is 7.79. The van der Waals surface area contributed by atoms with Crippen LogP contribution in [0.15, 0.2) is 35.7 Å². The molecule has 8 nitrogen and oxygen atoms in total. The summed E-state index contributed by atoms with van der Waals surface area (Å²) >= 11 is 0. The molecule has 3 heterocycles. The van der Waals surface area contributed by atoms with Gasteiger partial charge in [-0.25, -0.2) is 18.6 Å². The molecule has 0 spiro atoms. The maximum Gasteiger partial charge on any atom is 0.341 e. The number of amides is 2. The Morgan fingerprint density at radius 1 is 1.21 bits per heavy atom. The number of aromatic nitrogens is 2. The maximum absolute atomic E-state index is 13.6. The number of carbonyl (C=O) groups is 1. The molecule has 29 heavy (non-hydrogen) atoms. The molecule has 0 radical (unpaired) electrons. The molecule has 4 rings (SSSR count). The molecule has 10 heteroatoms. The van der Waals surface area contributed by atoms with Gasteiger partial charge in [0.25, 0.3) is 5.82 Å². The van der Waals surface area contributed by atoms with E-state index in [1.54, 1.807) is 11.1 Å². The van der Waals surface area contributed by atoms with Gasteiger partial charge in [-0.05, 0) is 17.7 Å². The highest BCUT2D eigenvalue weighted by Crippen LogP contribution is 2.31. The molecular formula is C19H16F2N6O2. The number of hydrogen-bond donors (Lipinski definition) is 0. The molecule has 1 saturated heterocycles. The number of likely N-dealkylation sites (tertiary alicyclic amines) is 1. The molecule has 2 aromatic rings. The van der Waals surface area contributed by atoms with Gasteiger partial charge < -0.3 is 14.5 Å². The third-order valence-corrected chi connectivity index (χ3v) is 4.74. The van der Waals surface area contributed by atoms with Crippen LogP contribution in [-0.4, -0.2) is 51.3 Å². The second-order valence-electron chi connectivity index (χ2n) is 6.68. The Kier molecular flexibility index (Phi) is 5.03. The van der Waals surface area contributed by atoms with E-state index < -0.39 is 17.7 Å². The van der Waals surface area contributed by atoms with Gasteiger partial charge in [-0.15, -0.1) is 4.98 Å². The summed E-state index contributed by atoms with van der Waals surface area (Å²) in [5, 5.41) is 5.35. The summed E-state index contributed by atoms with van der Waals surface area (Å²) < 4.78 is 32.9. The Labute approximate surface area is 165 Å². The van der Waals surface area contributed by atoms with Crippen LogP contribution >= 0.6 is 0 Å². The number of carbonyl (C=O) groups excluding carboxylic acids is 1. The quantitative estimate of drug-likeness (QED) is 0.744. The normalized spacial score (nSPS) is 20.7. The van der Waals surface area contributed by atoms with Crippen LogP contribution < -0.4 is 4.74 Å². The Morgan fingerprint density at radius 2 is 2.00 bits per heavy atom. The van der Waals surface area contributed by atoms with Crippen LogP contribution in [-0.2, 0) is 0 Å². The first-order chi connectivity index (χ1) is 14.0. The van der Waals surface area contributed by atoms with Crippen LogP contribution in [0.5, 0.6) is 5.88 Å². The number of hydrogen-bond acceptors (Lipinski definition) is 5. The molecule has 1 aromatic carbocycles. The Bertz CT molecular complexity index is 988. The minimum Gasteiger partial charge on any atom is -0.473 e. The highest BCUT2D eigenvalue weighted by Gasteiger charge is 2.36. The number of benzene rings is 1. The molecule has 148 valence electrons. The molecule has 0 aliphatic carbocycles. The first-order valence-electron chi connectivity index (χ1n) is 8.96. The van der Waals surface area contributed by atoms with E-state index in [0.29, 0.717) is 31.5 Å². The SMILES string of the molecule is [C-]#[N+]c1cc(O[C@@H]2CCN(C(=O)N3N=CC[C@H]3c3cc(F)cc(F)c3)C2)ncn1. The lowest BCUT2D eigenvalue weighted by molar-refractivity contribution is 0.141. The van der Waals surface area contributed by atoms with Gasteiger partial charge in [0.1, 0.15) is 17.7 Å². The fraction of sp³-hybridized carbons (Fsp3) is 0.316. The molecule has 1 aromatic heterocycles. The zero-order valence-corrected chi connectivity index (χ0v) is 15.2. The monoisotopic (exact) mass is 398 g/mol. The third kappa shape index (κ3) is 3.99. The van der Waals surface area contributed by atoms with Crippen molar-refractivity contribution in [3.8, 4) is 5.88 Å². The van der Waals surface area contributed by atoms with Crippen LogP contribution in [0.2, 0.25) is 0 Å². The molecule has 0 bridgehead atoms. The Balaban J connectivity index is 1.43. The Morgan fingerprint density at radius 3 is 2.76 bits per heavy atom. The van der Waals surface area contributed by atoms with Crippen molar-refractivity contribution in [1.29, 1.82) is 0 Å². The van der Waals surface area contributed by atoms with E-state index in [0.717, 1.165) is 6.07 Å². The van der Waals surface area contributed by atoms with Crippen molar-refractivity contribution in [2.24, 2.45) is 5.10 Å². The number of halogens is 2. The predicted molar refractivity (Wildman–Crippen MR) is 98.3 cm³/mol. The molecule has 1 fully saturated rings. The topological polar surface area (TPSA) is 75.3 Å². The van der Waals surface area contributed by atoms with E-state index in [2.05, 4.69) is 19.9 Å². The number of ether oxygens (including phenoxy) is 1. The van der Waals surface area contributed by atoms with Gasteiger partial charge in [0, 0.05) is 37.7 Å². The van der Waals surface area contributed by atoms with Gasteiger partial charge in [0.05, 0.1) is 12.6 Å². The predicted octanol–water partition coefficient (Wildman–Crippen LogP) is 3.31. The van der Waals surface area contributed by atoms with Crippen molar-refractivity contribution in [2.45, 2.75) is 25.0 Å². The summed E-state index contributed by atoms with van der Waals surface area (Å²) in [5.74, 6) is -0.940. The van der Waals surface area contributed by atoms with Gasteiger partial charge in [-0.2, -0.15) is 10.1 Å². The van der Waals surface area contributed by atoms with Gasteiger partial charge >= 0.3 is 6.03 Å². The van der Waals surface area contributed by atoms with E-state index >= 15 is 0 Å². The van der Waals surface area contributed by atoms with Crippen LogP contribution in [0.4, 0.5) is 19.4 Å². The lowest BCUT2D eigenvalue weighted by Gasteiger charge is -2.27. The lowest BCUT2D eigenvalue weighted by atomic mass is 10.0. The molecule has 2 aliphatic rings. The van der Waals surface area contributed by atoms with E-state index in [1.807, 2.05) is 0 Å². The van der Waals surface area contributed by atoms with E-state index in [9.17, 15) is 13.6 Å². The minimum absolute atomic E-state index is 0.178. The maximum atomic E-state index is 13.6. The van der Waals surface area contributed by atoms with Crippen LogP contribution in [0.1, 0.15) is 24.4 Å². The van der Waals surface area contributed by atoms with Crippen molar-refractivity contribution in [3.63, 3.8) is 0 Å². The summed E-state index contributed by atoms with van der Waals surface area (Å²) in [6.07, 6.45) is 3.48. The summed E-state index contributed by atoms with van der Waals surface area (Å²) in [5.41, 5.74) is 0.355. The molecule has 0 unspecified atom stereocenters. The number of rotatable bonds is 3. The molecule has 2 atom stereocenters. The lowest BCUT2D eigenvalue weighted by Crippen LogP contribution is -2.40. The highest BCUT2D eigenvalue weighted by atomic mass is 19.1. The number of hydrazone groups is 1. The molecule has 2 amide bonds. The van der Waals surface area contributed by atoms with Gasteiger partial charge in [0.15, 0.2) is 0 Å². The summed E-state index contributed by atoms with van der Waals surface area (Å²) in [4.78, 5) is 25.5. The highest BCUT2D eigenvalue weighted by molar-refractivity contribution is 5.78. The zero-order valence-electron chi connectivity index (χ0n) is 15.2. The van der Waals surface area contributed by atoms with Crippen molar-refractivity contribution >= 4 is 18.1 Å². The fourth-order valence-electron chi connectivity index (χ4n) is 3.41. The average Bonchev–Trinajstić information content (AvgIpc) is 3.36. The molecular weight excluding hydrogens is 382 g/mol. The average molecular weight is 398 g/mol. The van der Waals surface area contributed by atoms with Crippen LogP contribution in [0.25, 0.3) is 4.85 Å². The number of urea groups is 1. The minimum atomic E-state index is -0.697. The smallest absolute Gasteiger partial charge is 0.341 e. The first-order valence-corrected chi connectivity index (χ1v) is 8.96. The zero-order chi connectivity index (χ0) is 20.4. The summed E-state index contributed by atoms with van der Waals surface area (Å²) in [6, 6.07) is 3.74. The second-order valence-corrected chi connectivity index (χ2v) is 6.68. The van der Waals surface area contributed by atoms with Crippen molar-refractivity contribution in [2.75, 3.05) is 13.1 Å². The largest absolute Gasteiger partial charge is 0.473 e. The molecule has 2 aliphatic heterocycles. The van der Waals surface area contributed by atoms with Crippen molar-refractivity contribution in [3.05, 3.63) is 59.2 Å². The van der Waals surface area contributed by atoms with Crippen molar-refractivity contribution < 1.29 is 18.3 Å².